The van der Waals surface area contributed by atoms with Gasteiger partial charge in [0.1, 0.15) is 11.9 Å². The highest BCUT2D eigenvalue weighted by Gasteiger charge is 2.42. The van der Waals surface area contributed by atoms with Crippen molar-refractivity contribution in [2.24, 2.45) is 11.3 Å². The molecule has 182 valence electrons. The number of methoxy groups -OCH3 is 1. The van der Waals surface area contributed by atoms with Crippen LogP contribution in [0.2, 0.25) is 0 Å². The predicted octanol–water partition coefficient (Wildman–Crippen LogP) is 5.93. The first-order valence-corrected chi connectivity index (χ1v) is 12.8. The van der Waals surface area contributed by atoms with Crippen LogP contribution in [0.25, 0.3) is 11.1 Å². The summed E-state index contributed by atoms with van der Waals surface area (Å²) in [7, 11) is 1.72. The van der Waals surface area contributed by atoms with E-state index < -0.39 is 0 Å². The molecule has 1 aliphatic carbocycles. The summed E-state index contributed by atoms with van der Waals surface area (Å²) in [5.41, 5.74) is 5.88. The lowest BCUT2D eigenvalue weighted by Gasteiger charge is -2.44. The van der Waals surface area contributed by atoms with Crippen molar-refractivity contribution in [3.8, 4) is 16.9 Å². The molecule has 0 saturated carbocycles. The highest BCUT2D eigenvalue weighted by molar-refractivity contribution is 5.74. The van der Waals surface area contributed by atoms with E-state index in [1.54, 1.807) is 7.11 Å². The minimum atomic E-state index is -0.294. The fraction of sp³-hybridized carbons (Fsp3) is 0.552. The Balaban J connectivity index is 1.40. The molecule has 4 aliphatic rings. The average Bonchev–Trinajstić information content (AvgIpc) is 3.07. The zero-order valence-corrected chi connectivity index (χ0v) is 21.2. The number of hydrogen-bond donors (Lipinski definition) is 1. The first kappa shape index (κ1) is 23.2. The van der Waals surface area contributed by atoms with Crippen LogP contribution in [0.3, 0.4) is 0 Å². The lowest BCUT2D eigenvalue weighted by Crippen LogP contribution is -2.53. The van der Waals surface area contributed by atoms with Crippen molar-refractivity contribution >= 4 is 6.09 Å². The Morgan fingerprint density at radius 2 is 1.91 bits per heavy atom. The van der Waals surface area contributed by atoms with Crippen LogP contribution in [0.1, 0.15) is 69.2 Å². The molecule has 2 aromatic rings. The van der Waals surface area contributed by atoms with Crippen LogP contribution in [-0.2, 0) is 11.2 Å². The second-order valence-electron chi connectivity index (χ2n) is 11.4. The van der Waals surface area contributed by atoms with E-state index in [2.05, 4.69) is 74.3 Å². The van der Waals surface area contributed by atoms with E-state index in [0.29, 0.717) is 11.8 Å². The zero-order chi connectivity index (χ0) is 24.0. The third-order valence-corrected chi connectivity index (χ3v) is 8.18. The van der Waals surface area contributed by atoms with E-state index in [-0.39, 0.29) is 23.7 Å². The molecule has 2 aromatic carbocycles. The van der Waals surface area contributed by atoms with Crippen LogP contribution < -0.4 is 10.1 Å². The van der Waals surface area contributed by atoms with Gasteiger partial charge in [-0.25, -0.2) is 4.79 Å². The molecule has 1 N–H and O–H groups in total. The molecular formula is C29H38N2O3. The maximum atomic E-state index is 13.0. The Morgan fingerprint density at radius 1 is 1.15 bits per heavy atom. The minimum absolute atomic E-state index is 0.0108. The van der Waals surface area contributed by atoms with Crippen LogP contribution in [0.5, 0.6) is 5.75 Å². The molecule has 34 heavy (non-hydrogen) atoms. The number of ether oxygens (including phenoxy) is 2. The molecular weight excluding hydrogens is 424 g/mol. The van der Waals surface area contributed by atoms with Crippen molar-refractivity contribution in [1.82, 2.24) is 10.2 Å². The number of nitrogens with zero attached hydrogens (tertiary/aromatic N) is 1. The van der Waals surface area contributed by atoms with Crippen molar-refractivity contribution in [3.05, 3.63) is 53.1 Å². The topological polar surface area (TPSA) is 50.8 Å². The number of carbonyl (C=O) groups is 1. The van der Waals surface area contributed by atoms with Gasteiger partial charge in [0, 0.05) is 12.1 Å². The summed E-state index contributed by atoms with van der Waals surface area (Å²) in [5.74, 6) is 1.81. The fourth-order valence-corrected chi connectivity index (χ4v) is 6.14. The first-order chi connectivity index (χ1) is 16.2. The minimum Gasteiger partial charge on any atom is -0.496 e. The highest BCUT2D eigenvalue weighted by Crippen LogP contribution is 2.49. The van der Waals surface area contributed by atoms with Crippen molar-refractivity contribution < 1.29 is 14.3 Å². The maximum Gasteiger partial charge on any atom is 0.407 e. The van der Waals surface area contributed by atoms with Crippen molar-refractivity contribution in [3.63, 3.8) is 0 Å². The largest absolute Gasteiger partial charge is 0.496 e. The van der Waals surface area contributed by atoms with Gasteiger partial charge in [0.15, 0.2) is 0 Å². The molecule has 1 unspecified atom stereocenters. The van der Waals surface area contributed by atoms with E-state index in [9.17, 15) is 4.79 Å². The van der Waals surface area contributed by atoms with Crippen LogP contribution >= 0.6 is 0 Å². The number of rotatable bonds is 5. The Hall–Kier alpha value is -2.53. The van der Waals surface area contributed by atoms with Crippen molar-refractivity contribution in [1.29, 1.82) is 0 Å². The summed E-state index contributed by atoms with van der Waals surface area (Å²) in [5, 5.41) is 3.23. The molecule has 2 bridgehead atoms. The molecule has 0 radical (unpaired) electrons. The van der Waals surface area contributed by atoms with E-state index in [0.717, 1.165) is 55.8 Å². The first-order valence-electron chi connectivity index (χ1n) is 12.8. The van der Waals surface area contributed by atoms with Gasteiger partial charge in [-0.15, -0.1) is 0 Å². The number of amides is 1. The van der Waals surface area contributed by atoms with Gasteiger partial charge >= 0.3 is 6.09 Å². The van der Waals surface area contributed by atoms with Crippen molar-refractivity contribution in [2.75, 3.05) is 26.7 Å². The number of carbonyl (C=O) groups excluding carboxylic acids is 1. The molecule has 3 aliphatic heterocycles. The monoisotopic (exact) mass is 462 g/mol. The highest BCUT2D eigenvalue weighted by atomic mass is 16.6. The second kappa shape index (κ2) is 8.92. The molecule has 3 fully saturated rings. The van der Waals surface area contributed by atoms with E-state index in [1.165, 1.54) is 16.7 Å². The number of fused-ring (bicyclic) bond motifs is 4. The van der Waals surface area contributed by atoms with Crippen LogP contribution in [0.4, 0.5) is 4.79 Å². The third kappa shape index (κ3) is 4.31. The van der Waals surface area contributed by atoms with Gasteiger partial charge in [0.2, 0.25) is 0 Å². The summed E-state index contributed by atoms with van der Waals surface area (Å²) < 4.78 is 11.8. The van der Waals surface area contributed by atoms with Gasteiger partial charge in [-0.2, -0.15) is 0 Å². The van der Waals surface area contributed by atoms with Gasteiger partial charge in [-0.3, -0.25) is 4.90 Å². The normalized spacial score (nSPS) is 26.9. The van der Waals surface area contributed by atoms with E-state index in [1.807, 2.05) is 0 Å². The summed E-state index contributed by atoms with van der Waals surface area (Å²) >= 11 is 0. The lowest BCUT2D eigenvalue weighted by atomic mass is 9.85. The maximum absolute atomic E-state index is 13.0. The molecule has 3 saturated heterocycles. The summed E-state index contributed by atoms with van der Waals surface area (Å²) in [6.07, 6.45) is 2.88. The molecule has 6 rings (SSSR count). The van der Waals surface area contributed by atoms with Crippen LogP contribution in [0.15, 0.2) is 36.4 Å². The Labute approximate surface area is 203 Å². The number of nitrogens with one attached hydrogen (secondary N) is 1. The number of hydrogen-bond acceptors (Lipinski definition) is 4. The number of piperidine rings is 3. The molecule has 5 heteroatoms. The second-order valence-corrected chi connectivity index (χ2v) is 11.4. The van der Waals surface area contributed by atoms with Gasteiger partial charge in [0.05, 0.1) is 13.2 Å². The van der Waals surface area contributed by atoms with E-state index >= 15 is 0 Å². The Kier molecular flexibility index (Phi) is 6.09. The number of alkyl carbamates (subject to hydrolysis) is 1. The zero-order valence-electron chi connectivity index (χ0n) is 21.2. The molecule has 3 heterocycles. The van der Waals surface area contributed by atoms with Gasteiger partial charge in [-0.1, -0.05) is 52.0 Å². The Bertz CT molecular complexity index is 1070. The summed E-state index contributed by atoms with van der Waals surface area (Å²) in [4.78, 5) is 15.4. The smallest absolute Gasteiger partial charge is 0.407 e. The number of benzene rings is 2. The summed E-state index contributed by atoms with van der Waals surface area (Å²) in [6.45, 7) is 12.0. The van der Waals surface area contributed by atoms with E-state index in [4.69, 9.17) is 9.47 Å². The molecule has 2 atom stereocenters. The average molecular weight is 463 g/mol. The van der Waals surface area contributed by atoms with Crippen molar-refractivity contribution in [2.45, 2.75) is 65.0 Å². The standard InChI is InChI=1S/C29H38N2O3/c1-18(2)20-7-6-8-21(13-20)23-14-22-16-29(3,4)27(24(22)15-25(23)33-5)30-28(32)34-26-17-31-11-9-19(26)10-12-31/h6-8,13-15,18-19,26-27H,9-12,16-17H2,1-5H3,(H,30,32)/t26-,27?/m1/s1. The molecule has 0 aromatic heterocycles. The molecule has 1 amide bonds. The quantitative estimate of drug-likeness (QED) is 0.598. The summed E-state index contributed by atoms with van der Waals surface area (Å²) in [6, 6.07) is 13.0. The SMILES string of the molecule is COc1cc2c(cc1-c1cccc(C(C)C)c1)CC(C)(C)C2NC(=O)O[C@@H]1CN2CCC1CC2. The third-order valence-electron chi connectivity index (χ3n) is 8.18. The molecule has 5 nitrogen and oxygen atoms in total. The lowest BCUT2D eigenvalue weighted by molar-refractivity contribution is -0.0349. The van der Waals surface area contributed by atoms with Gasteiger partial charge in [0.25, 0.3) is 0 Å². The van der Waals surface area contributed by atoms with Gasteiger partial charge < -0.3 is 14.8 Å². The Morgan fingerprint density at radius 3 is 2.56 bits per heavy atom. The van der Waals surface area contributed by atoms with Crippen LogP contribution in [0, 0.1) is 11.3 Å². The van der Waals surface area contributed by atoms with Gasteiger partial charge in [-0.05, 0) is 84.0 Å². The van der Waals surface area contributed by atoms with Crippen LogP contribution in [-0.4, -0.2) is 43.8 Å². The fourth-order valence-electron chi connectivity index (χ4n) is 6.14. The molecule has 0 spiro atoms. The predicted molar refractivity (Wildman–Crippen MR) is 135 cm³/mol.